The number of aliphatic carboxylic acids is 2. The van der Waals surface area contributed by atoms with Crippen LogP contribution in [0.1, 0.15) is 105 Å². The van der Waals surface area contributed by atoms with Crippen LogP contribution < -0.4 is 0 Å². The fourth-order valence-corrected chi connectivity index (χ4v) is 2.68. The molecule has 0 aliphatic carbocycles. The van der Waals surface area contributed by atoms with Gasteiger partial charge in [-0.15, -0.1) is 0 Å². The zero-order valence-electron chi connectivity index (χ0n) is 23.1. The second-order valence-electron chi connectivity index (χ2n) is 8.36. The summed E-state index contributed by atoms with van der Waals surface area (Å²) in [6, 6.07) is 0. The molecule has 0 radical (unpaired) electrons. The fourth-order valence-electron chi connectivity index (χ4n) is 2.68. The van der Waals surface area contributed by atoms with Gasteiger partial charge in [0.1, 0.15) is 6.61 Å². The molecule has 2 N–H and O–H groups in total. The van der Waals surface area contributed by atoms with Crippen molar-refractivity contribution in [2.24, 2.45) is 0 Å². The van der Waals surface area contributed by atoms with E-state index in [4.69, 9.17) is 33.9 Å². The minimum atomic E-state index is -1.35. The lowest BCUT2D eigenvalue weighted by Gasteiger charge is -2.29. The van der Waals surface area contributed by atoms with Gasteiger partial charge in [-0.2, -0.15) is 0 Å². The molecule has 218 valence electrons. The maximum Gasteiger partial charge on any atom is 0.326 e. The van der Waals surface area contributed by atoms with Crippen LogP contribution in [0.2, 0.25) is 0 Å². The van der Waals surface area contributed by atoms with Gasteiger partial charge in [0.2, 0.25) is 0 Å². The largest absolute Gasteiger partial charge is 0.481 e. The quantitative estimate of drug-likeness (QED) is 0.106. The van der Waals surface area contributed by atoms with Crippen LogP contribution in [0.4, 0.5) is 0 Å². The molecule has 11 heteroatoms. The number of esters is 2. The first-order valence-electron chi connectivity index (χ1n) is 13.3. The minimum Gasteiger partial charge on any atom is -0.481 e. The van der Waals surface area contributed by atoms with Crippen molar-refractivity contribution >= 4 is 23.9 Å². The Morgan fingerprint density at radius 1 is 0.622 bits per heavy atom. The molecule has 0 unspecified atom stereocenters. The zero-order valence-corrected chi connectivity index (χ0v) is 23.1. The van der Waals surface area contributed by atoms with Crippen LogP contribution in [0.25, 0.3) is 0 Å². The van der Waals surface area contributed by atoms with Crippen LogP contribution in [0.5, 0.6) is 0 Å². The number of carbonyl (C=O) groups is 4. The van der Waals surface area contributed by atoms with Crippen LogP contribution in [0.15, 0.2) is 0 Å². The third-order valence-corrected chi connectivity index (χ3v) is 4.76. The normalized spacial score (nSPS) is 10.8. The van der Waals surface area contributed by atoms with Crippen molar-refractivity contribution in [3.63, 3.8) is 0 Å². The predicted molar refractivity (Wildman–Crippen MR) is 136 cm³/mol. The first kappa shape index (κ1) is 36.9. The molecule has 0 aliphatic heterocycles. The van der Waals surface area contributed by atoms with Crippen LogP contribution in [0, 0.1) is 0 Å². The van der Waals surface area contributed by atoms with E-state index in [0.717, 1.165) is 25.7 Å². The van der Waals surface area contributed by atoms with E-state index in [1.54, 1.807) is 6.92 Å². The van der Waals surface area contributed by atoms with Gasteiger partial charge in [0.15, 0.2) is 0 Å². The SMILES string of the molecule is CCCCOC(C)(OCCCC)OC(=O)CCCCC(=O)O.CCOCCOC(=O)CCCCC(=O)O. The van der Waals surface area contributed by atoms with E-state index in [0.29, 0.717) is 52.1 Å². The van der Waals surface area contributed by atoms with Crippen molar-refractivity contribution in [2.75, 3.05) is 33.0 Å². The molecule has 0 amide bonds. The highest BCUT2D eigenvalue weighted by Crippen LogP contribution is 2.18. The van der Waals surface area contributed by atoms with Crippen molar-refractivity contribution in [2.45, 2.75) is 111 Å². The lowest BCUT2D eigenvalue weighted by Crippen LogP contribution is -2.38. The highest BCUT2D eigenvalue weighted by molar-refractivity contribution is 5.70. The van der Waals surface area contributed by atoms with Gasteiger partial charge in [0.05, 0.1) is 19.8 Å². The highest BCUT2D eigenvalue weighted by Gasteiger charge is 2.30. The Balaban J connectivity index is 0. The molecule has 0 aromatic heterocycles. The maximum atomic E-state index is 11.8. The molecule has 37 heavy (non-hydrogen) atoms. The van der Waals surface area contributed by atoms with Crippen LogP contribution in [-0.2, 0) is 42.9 Å². The number of carboxylic acid groups (broad SMARTS) is 2. The summed E-state index contributed by atoms with van der Waals surface area (Å²) in [6.45, 7) is 9.79. The van der Waals surface area contributed by atoms with E-state index in [-0.39, 0.29) is 38.3 Å². The first-order valence-corrected chi connectivity index (χ1v) is 13.3. The monoisotopic (exact) mass is 536 g/mol. The zero-order chi connectivity index (χ0) is 28.4. The van der Waals surface area contributed by atoms with Crippen molar-refractivity contribution in [1.82, 2.24) is 0 Å². The Kier molecular flexibility index (Phi) is 25.4. The first-order chi connectivity index (χ1) is 17.6. The number of carboxylic acids is 2. The molecule has 0 atom stereocenters. The Morgan fingerprint density at radius 2 is 1.08 bits per heavy atom. The molecule has 0 aromatic rings. The van der Waals surface area contributed by atoms with Gasteiger partial charge in [0.25, 0.3) is 0 Å². The van der Waals surface area contributed by atoms with Gasteiger partial charge in [-0.25, -0.2) is 0 Å². The summed E-state index contributed by atoms with van der Waals surface area (Å²) in [7, 11) is 0. The molecule has 0 heterocycles. The van der Waals surface area contributed by atoms with Gasteiger partial charge in [0, 0.05) is 39.2 Å². The van der Waals surface area contributed by atoms with Crippen molar-refractivity contribution in [1.29, 1.82) is 0 Å². The summed E-state index contributed by atoms with van der Waals surface area (Å²) in [4.78, 5) is 43.4. The topological polar surface area (TPSA) is 155 Å². The minimum absolute atomic E-state index is 0.0601. The van der Waals surface area contributed by atoms with E-state index in [2.05, 4.69) is 0 Å². The number of hydrogen-bond acceptors (Lipinski definition) is 9. The van der Waals surface area contributed by atoms with Crippen molar-refractivity contribution in [3.8, 4) is 0 Å². The molecule has 0 fully saturated rings. The van der Waals surface area contributed by atoms with Gasteiger partial charge >= 0.3 is 29.9 Å². The summed E-state index contributed by atoms with van der Waals surface area (Å²) in [5.41, 5.74) is 0. The van der Waals surface area contributed by atoms with Crippen molar-refractivity contribution in [3.05, 3.63) is 0 Å². The number of rotatable bonds is 23. The van der Waals surface area contributed by atoms with Crippen LogP contribution in [0.3, 0.4) is 0 Å². The van der Waals surface area contributed by atoms with Crippen LogP contribution >= 0.6 is 0 Å². The standard InChI is InChI=1S/C16H30O6.C10H18O5/c1-4-6-12-20-16(3,21-13-7-5-2)22-15(19)11-9-8-10-14(17)18;1-2-14-7-8-15-10(13)6-4-3-5-9(11)12/h4-13H2,1-3H3,(H,17,18);2-8H2,1H3,(H,11,12). The molecular formula is C26H48O11. The maximum absolute atomic E-state index is 11.8. The van der Waals surface area contributed by atoms with Gasteiger partial charge < -0.3 is 33.9 Å². The molecule has 0 spiro atoms. The van der Waals surface area contributed by atoms with E-state index >= 15 is 0 Å². The van der Waals surface area contributed by atoms with Gasteiger partial charge in [-0.3, -0.25) is 19.2 Å². The van der Waals surface area contributed by atoms with Gasteiger partial charge in [-0.1, -0.05) is 26.7 Å². The number of unbranched alkanes of at least 4 members (excludes halogenated alkanes) is 4. The summed E-state index contributed by atoms with van der Waals surface area (Å²) in [5.74, 6) is -3.77. The Bertz CT molecular complexity index is 597. The van der Waals surface area contributed by atoms with Crippen LogP contribution in [-0.4, -0.2) is 73.1 Å². The average Bonchev–Trinajstić information content (AvgIpc) is 2.83. The van der Waals surface area contributed by atoms with Gasteiger partial charge in [-0.05, 0) is 45.4 Å². The number of ether oxygens (including phenoxy) is 5. The molecule has 0 aliphatic rings. The van der Waals surface area contributed by atoms with E-state index in [1.165, 1.54) is 0 Å². The summed E-state index contributed by atoms with van der Waals surface area (Å²) in [6.07, 6.45) is 6.29. The molecule has 0 saturated carbocycles. The molecule has 0 aromatic carbocycles. The third-order valence-electron chi connectivity index (χ3n) is 4.76. The fraction of sp³-hybridized carbons (Fsp3) is 0.846. The second-order valence-corrected chi connectivity index (χ2v) is 8.36. The summed E-state index contributed by atoms with van der Waals surface area (Å²) < 4.78 is 26.3. The molecule has 0 bridgehead atoms. The summed E-state index contributed by atoms with van der Waals surface area (Å²) >= 11 is 0. The third kappa shape index (κ3) is 28.2. The molecular weight excluding hydrogens is 488 g/mol. The predicted octanol–water partition coefficient (Wildman–Crippen LogP) is 4.69. The Labute approximate surface area is 221 Å². The molecule has 0 saturated heterocycles. The lowest BCUT2D eigenvalue weighted by atomic mass is 10.2. The van der Waals surface area contributed by atoms with E-state index in [9.17, 15) is 19.2 Å². The molecule has 11 nitrogen and oxygen atoms in total. The van der Waals surface area contributed by atoms with E-state index in [1.807, 2.05) is 20.8 Å². The highest BCUT2D eigenvalue weighted by atomic mass is 16.9. The van der Waals surface area contributed by atoms with E-state index < -0.39 is 23.9 Å². The lowest BCUT2D eigenvalue weighted by molar-refractivity contribution is -0.352. The Hall–Kier alpha value is -2.24. The smallest absolute Gasteiger partial charge is 0.326 e. The average molecular weight is 537 g/mol. The summed E-state index contributed by atoms with van der Waals surface area (Å²) in [5, 5.41) is 16.9. The molecule has 0 rings (SSSR count). The number of carbonyl (C=O) groups excluding carboxylic acids is 2. The van der Waals surface area contributed by atoms with Crippen molar-refractivity contribution < 1.29 is 53.1 Å². The number of hydrogen-bond donors (Lipinski definition) is 2. The second kappa shape index (κ2) is 25.4. The Morgan fingerprint density at radius 3 is 1.51 bits per heavy atom.